The van der Waals surface area contributed by atoms with Gasteiger partial charge in [0.2, 0.25) is 0 Å². The Morgan fingerprint density at radius 1 is 1.33 bits per heavy atom. The topological polar surface area (TPSA) is 51.7 Å². The van der Waals surface area contributed by atoms with Crippen LogP contribution in [0.15, 0.2) is 24.4 Å². The molecule has 0 amide bonds. The summed E-state index contributed by atoms with van der Waals surface area (Å²) < 4.78 is 9.71. The molecule has 18 heavy (non-hydrogen) atoms. The minimum Gasteiger partial charge on any atom is -0.469 e. The number of rotatable bonds is 8. The molecule has 0 aliphatic rings. The highest BCUT2D eigenvalue weighted by molar-refractivity contribution is 5.69. The number of nitrogens with zero attached hydrogens (tertiary/aromatic N) is 2. The molecule has 0 radical (unpaired) electrons. The SMILES string of the molecule is COCCN(CCC(=O)OC)Cc1ccccn1. The van der Waals surface area contributed by atoms with Crippen LogP contribution in [0, 0.1) is 0 Å². The molecule has 0 saturated heterocycles. The number of carbonyl (C=O) groups is 1. The lowest BCUT2D eigenvalue weighted by Gasteiger charge is -2.20. The van der Waals surface area contributed by atoms with Crippen molar-refractivity contribution in [2.45, 2.75) is 13.0 Å². The van der Waals surface area contributed by atoms with Crippen LogP contribution in [0.5, 0.6) is 0 Å². The number of carbonyl (C=O) groups excluding carboxylic acids is 1. The van der Waals surface area contributed by atoms with E-state index < -0.39 is 0 Å². The van der Waals surface area contributed by atoms with Gasteiger partial charge in [-0.3, -0.25) is 14.7 Å². The molecule has 0 fully saturated rings. The third-order valence-corrected chi connectivity index (χ3v) is 2.58. The summed E-state index contributed by atoms with van der Waals surface area (Å²) >= 11 is 0. The van der Waals surface area contributed by atoms with Crippen LogP contribution < -0.4 is 0 Å². The van der Waals surface area contributed by atoms with Gasteiger partial charge in [0.25, 0.3) is 0 Å². The van der Waals surface area contributed by atoms with Gasteiger partial charge in [-0.1, -0.05) is 6.07 Å². The molecule has 0 aliphatic heterocycles. The molecule has 5 nitrogen and oxygen atoms in total. The molecule has 0 aliphatic carbocycles. The monoisotopic (exact) mass is 252 g/mol. The number of pyridine rings is 1. The van der Waals surface area contributed by atoms with E-state index in [4.69, 9.17) is 4.74 Å². The fourth-order valence-corrected chi connectivity index (χ4v) is 1.56. The first-order chi connectivity index (χ1) is 8.76. The number of methoxy groups -OCH3 is 2. The number of esters is 1. The smallest absolute Gasteiger partial charge is 0.306 e. The van der Waals surface area contributed by atoms with Crippen molar-refractivity contribution >= 4 is 5.97 Å². The lowest BCUT2D eigenvalue weighted by molar-refractivity contribution is -0.141. The molecule has 0 aromatic carbocycles. The summed E-state index contributed by atoms with van der Waals surface area (Å²) in [5.41, 5.74) is 0.985. The molecule has 0 N–H and O–H groups in total. The summed E-state index contributed by atoms with van der Waals surface area (Å²) in [5, 5.41) is 0. The maximum absolute atomic E-state index is 11.1. The normalized spacial score (nSPS) is 10.6. The van der Waals surface area contributed by atoms with Gasteiger partial charge >= 0.3 is 5.97 Å². The summed E-state index contributed by atoms with van der Waals surface area (Å²) in [4.78, 5) is 17.5. The van der Waals surface area contributed by atoms with E-state index in [1.165, 1.54) is 7.11 Å². The van der Waals surface area contributed by atoms with Gasteiger partial charge in [0.15, 0.2) is 0 Å². The highest BCUT2D eigenvalue weighted by Crippen LogP contribution is 2.02. The number of aromatic nitrogens is 1. The Kier molecular flexibility index (Phi) is 6.98. The quantitative estimate of drug-likeness (QED) is 0.648. The van der Waals surface area contributed by atoms with Crippen molar-refractivity contribution in [2.24, 2.45) is 0 Å². The zero-order chi connectivity index (χ0) is 13.2. The van der Waals surface area contributed by atoms with Crippen molar-refractivity contribution in [3.8, 4) is 0 Å². The van der Waals surface area contributed by atoms with Gasteiger partial charge in [-0.25, -0.2) is 0 Å². The predicted molar refractivity (Wildman–Crippen MR) is 68.0 cm³/mol. The van der Waals surface area contributed by atoms with E-state index in [0.717, 1.165) is 12.2 Å². The number of hydrogen-bond donors (Lipinski definition) is 0. The Bertz CT molecular complexity index is 343. The average molecular weight is 252 g/mol. The Hall–Kier alpha value is -1.46. The molecular formula is C13H20N2O3. The molecule has 5 heteroatoms. The zero-order valence-corrected chi connectivity index (χ0v) is 11.0. The number of hydrogen-bond acceptors (Lipinski definition) is 5. The molecule has 0 unspecified atom stereocenters. The van der Waals surface area contributed by atoms with Crippen molar-refractivity contribution in [1.29, 1.82) is 0 Å². The van der Waals surface area contributed by atoms with Crippen molar-refractivity contribution in [3.05, 3.63) is 30.1 Å². The lowest BCUT2D eigenvalue weighted by atomic mass is 10.3. The molecule has 0 atom stereocenters. The van der Waals surface area contributed by atoms with E-state index in [9.17, 15) is 4.79 Å². The van der Waals surface area contributed by atoms with Crippen molar-refractivity contribution in [2.75, 3.05) is 33.9 Å². The van der Waals surface area contributed by atoms with Crippen LogP contribution in [0.4, 0.5) is 0 Å². The van der Waals surface area contributed by atoms with Crippen LogP contribution in [-0.2, 0) is 20.8 Å². The first-order valence-electron chi connectivity index (χ1n) is 5.94. The number of ether oxygens (including phenoxy) is 2. The zero-order valence-electron chi connectivity index (χ0n) is 11.0. The van der Waals surface area contributed by atoms with Gasteiger partial charge < -0.3 is 9.47 Å². The van der Waals surface area contributed by atoms with E-state index in [0.29, 0.717) is 26.1 Å². The third-order valence-electron chi connectivity index (χ3n) is 2.58. The maximum atomic E-state index is 11.1. The molecule has 100 valence electrons. The Morgan fingerprint density at radius 2 is 2.17 bits per heavy atom. The van der Waals surface area contributed by atoms with Gasteiger partial charge in [0, 0.05) is 32.9 Å². The summed E-state index contributed by atoms with van der Waals surface area (Å²) in [6.45, 7) is 2.76. The van der Waals surface area contributed by atoms with Crippen LogP contribution in [0.3, 0.4) is 0 Å². The highest BCUT2D eigenvalue weighted by Gasteiger charge is 2.09. The summed E-state index contributed by atoms with van der Waals surface area (Å²) in [5.74, 6) is -0.196. The summed E-state index contributed by atoms with van der Waals surface area (Å²) in [7, 11) is 3.07. The molecule has 1 aromatic heterocycles. The van der Waals surface area contributed by atoms with Crippen LogP contribution >= 0.6 is 0 Å². The molecule has 1 heterocycles. The van der Waals surface area contributed by atoms with Crippen molar-refractivity contribution in [3.63, 3.8) is 0 Å². The van der Waals surface area contributed by atoms with Crippen LogP contribution in [0.1, 0.15) is 12.1 Å². The largest absolute Gasteiger partial charge is 0.469 e. The van der Waals surface area contributed by atoms with E-state index >= 15 is 0 Å². The predicted octanol–water partition coefficient (Wildman–Crippen LogP) is 1.09. The lowest BCUT2D eigenvalue weighted by Crippen LogP contribution is -2.30. The van der Waals surface area contributed by atoms with E-state index in [-0.39, 0.29) is 5.97 Å². The van der Waals surface area contributed by atoms with Gasteiger partial charge in [0.05, 0.1) is 25.8 Å². The van der Waals surface area contributed by atoms with Gasteiger partial charge in [-0.2, -0.15) is 0 Å². The second kappa shape index (κ2) is 8.60. The minimum absolute atomic E-state index is 0.196. The Labute approximate surface area is 108 Å². The summed E-state index contributed by atoms with van der Waals surface area (Å²) in [6, 6.07) is 5.81. The Balaban J connectivity index is 2.47. The molecule has 1 rings (SSSR count). The first kappa shape index (κ1) is 14.6. The molecule has 0 spiro atoms. The van der Waals surface area contributed by atoms with Gasteiger partial charge in [-0.05, 0) is 12.1 Å². The average Bonchev–Trinajstić information content (AvgIpc) is 2.42. The van der Waals surface area contributed by atoms with Crippen LogP contribution in [0.25, 0.3) is 0 Å². The van der Waals surface area contributed by atoms with Crippen LogP contribution in [0.2, 0.25) is 0 Å². The second-order valence-electron chi connectivity index (χ2n) is 3.92. The molecular weight excluding hydrogens is 232 g/mol. The van der Waals surface area contributed by atoms with E-state index in [2.05, 4.69) is 14.6 Å². The molecule has 1 aromatic rings. The van der Waals surface area contributed by atoms with Gasteiger partial charge in [-0.15, -0.1) is 0 Å². The fraction of sp³-hybridized carbons (Fsp3) is 0.538. The first-order valence-corrected chi connectivity index (χ1v) is 5.94. The molecule has 0 bridgehead atoms. The fourth-order valence-electron chi connectivity index (χ4n) is 1.56. The van der Waals surface area contributed by atoms with E-state index in [1.807, 2.05) is 18.2 Å². The van der Waals surface area contributed by atoms with E-state index in [1.54, 1.807) is 13.3 Å². The third kappa shape index (κ3) is 5.75. The van der Waals surface area contributed by atoms with Gasteiger partial charge in [0.1, 0.15) is 0 Å². The van der Waals surface area contributed by atoms with Crippen molar-refractivity contribution < 1.29 is 14.3 Å². The standard InChI is InChI=1S/C13H20N2O3/c1-17-10-9-15(8-6-13(16)18-2)11-12-5-3-4-7-14-12/h3-5,7H,6,8-11H2,1-2H3. The van der Waals surface area contributed by atoms with Crippen LogP contribution in [-0.4, -0.2) is 49.8 Å². The van der Waals surface area contributed by atoms with Crippen molar-refractivity contribution in [1.82, 2.24) is 9.88 Å². The maximum Gasteiger partial charge on any atom is 0.306 e. The Morgan fingerprint density at radius 3 is 2.78 bits per heavy atom. The second-order valence-corrected chi connectivity index (χ2v) is 3.92. The highest BCUT2D eigenvalue weighted by atomic mass is 16.5. The molecule has 0 saturated carbocycles. The minimum atomic E-state index is -0.196. The summed E-state index contributed by atoms with van der Waals surface area (Å²) in [6.07, 6.45) is 2.15.